The molecule has 0 spiro atoms. The molecule has 1 N–H and O–H groups in total. The summed E-state index contributed by atoms with van der Waals surface area (Å²) in [4.78, 5) is 30.1. The average molecular weight is 467 g/mol. The van der Waals surface area contributed by atoms with E-state index in [-0.39, 0.29) is 11.3 Å². The lowest BCUT2D eigenvalue weighted by atomic mass is 9.95. The molecule has 0 aromatic heterocycles. The monoisotopic (exact) mass is 466 g/mol. The molecule has 2 aromatic carbocycles. The number of carbonyl (C=O) groups is 2. The standard InChI is InChI=1S/C26H30N2O6/c1-3-34-19-10-8-18(9-11-19)23-22(24(29)20-6-4-5-7-21(20)32-2)25(30)26(31)28(23)13-12-27-14-16-33-17-15-27/h4-11,23,29H,3,12-17H2,1-2H3/b24-22+. The number of aliphatic hydroxyl groups excluding tert-OH is 1. The van der Waals surface area contributed by atoms with Crippen molar-refractivity contribution in [2.45, 2.75) is 13.0 Å². The lowest BCUT2D eigenvalue weighted by molar-refractivity contribution is -0.140. The number of methoxy groups -OCH3 is 1. The molecule has 2 aliphatic rings. The van der Waals surface area contributed by atoms with E-state index in [4.69, 9.17) is 14.2 Å². The van der Waals surface area contributed by atoms with Crippen molar-refractivity contribution in [3.8, 4) is 11.5 Å². The van der Waals surface area contributed by atoms with Gasteiger partial charge in [0.1, 0.15) is 17.3 Å². The lowest BCUT2D eigenvalue weighted by Gasteiger charge is -2.31. The normalized spacial score (nSPS) is 20.5. The van der Waals surface area contributed by atoms with Gasteiger partial charge < -0.3 is 24.2 Å². The quantitative estimate of drug-likeness (QED) is 0.364. The van der Waals surface area contributed by atoms with Crippen LogP contribution < -0.4 is 9.47 Å². The predicted molar refractivity (Wildman–Crippen MR) is 127 cm³/mol. The Morgan fingerprint density at radius 2 is 1.76 bits per heavy atom. The van der Waals surface area contributed by atoms with Gasteiger partial charge >= 0.3 is 0 Å². The Labute approximate surface area is 199 Å². The highest BCUT2D eigenvalue weighted by Crippen LogP contribution is 2.41. The number of ketones is 1. The van der Waals surface area contributed by atoms with E-state index in [9.17, 15) is 14.7 Å². The molecular weight excluding hydrogens is 436 g/mol. The third-order valence-corrected chi connectivity index (χ3v) is 6.17. The number of likely N-dealkylation sites (tertiary alicyclic amines) is 1. The van der Waals surface area contributed by atoms with Crippen LogP contribution in [0.25, 0.3) is 5.76 Å². The fourth-order valence-corrected chi connectivity index (χ4v) is 4.43. The van der Waals surface area contributed by atoms with Crippen molar-refractivity contribution in [3.05, 3.63) is 65.2 Å². The first-order chi connectivity index (χ1) is 16.5. The Morgan fingerprint density at radius 1 is 1.06 bits per heavy atom. The van der Waals surface area contributed by atoms with Crippen molar-refractivity contribution in [3.63, 3.8) is 0 Å². The van der Waals surface area contributed by atoms with Gasteiger partial charge in [0.05, 0.1) is 44.1 Å². The zero-order valence-corrected chi connectivity index (χ0v) is 19.5. The molecule has 8 heteroatoms. The molecule has 1 atom stereocenters. The summed E-state index contributed by atoms with van der Waals surface area (Å²) in [5.74, 6) is -0.456. The van der Waals surface area contributed by atoms with Crippen LogP contribution in [0.15, 0.2) is 54.1 Å². The van der Waals surface area contributed by atoms with E-state index in [1.54, 1.807) is 29.2 Å². The third kappa shape index (κ3) is 4.78. The van der Waals surface area contributed by atoms with E-state index in [0.29, 0.717) is 50.0 Å². The van der Waals surface area contributed by atoms with Gasteiger partial charge in [0, 0.05) is 26.2 Å². The van der Waals surface area contributed by atoms with E-state index in [0.717, 1.165) is 18.7 Å². The summed E-state index contributed by atoms with van der Waals surface area (Å²) in [5.41, 5.74) is 1.15. The first-order valence-electron chi connectivity index (χ1n) is 11.5. The second-order valence-corrected chi connectivity index (χ2v) is 8.15. The molecule has 1 unspecified atom stereocenters. The molecule has 8 nitrogen and oxygen atoms in total. The number of hydrogen-bond acceptors (Lipinski definition) is 7. The van der Waals surface area contributed by atoms with Crippen LogP contribution in [0.2, 0.25) is 0 Å². The minimum Gasteiger partial charge on any atom is -0.507 e. The maximum Gasteiger partial charge on any atom is 0.295 e. The summed E-state index contributed by atoms with van der Waals surface area (Å²) in [6, 6.07) is 13.5. The minimum absolute atomic E-state index is 0.0561. The Morgan fingerprint density at radius 3 is 2.44 bits per heavy atom. The number of ether oxygens (including phenoxy) is 3. The molecule has 2 fully saturated rings. The van der Waals surface area contributed by atoms with Crippen molar-refractivity contribution in [2.75, 3.05) is 53.1 Å². The predicted octanol–water partition coefficient (Wildman–Crippen LogP) is 2.85. The van der Waals surface area contributed by atoms with Gasteiger partial charge in [-0.2, -0.15) is 0 Å². The molecule has 2 aliphatic heterocycles. The van der Waals surface area contributed by atoms with Gasteiger partial charge in [0.25, 0.3) is 11.7 Å². The molecule has 0 bridgehead atoms. The van der Waals surface area contributed by atoms with Gasteiger partial charge in [-0.25, -0.2) is 0 Å². The van der Waals surface area contributed by atoms with Gasteiger partial charge in [0.2, 0.25) is 0 Å². The van der Waals surface area contributed by atoms with Gasteiger partial charge in [-0.15, -0.1) is 0 Å². The van der Waals surface area contributed by atoms with Crippen molar-refractivity contribution >= 4 is 17.4 Å². The molecule has 2 saturated heterocycles. The second-order valence-electron chi connectivity index (χ2n) is 8.15. The fourth-order valence-electron chi connectivity index (χ4n) is 4.43. The zero-order chi connectivity index (χ0) is 24.1. The van der Waals surface area contributed by atoms with E-state index in [2.05, 4.69) is 4.90 Å². The zero-order valence-electron chi connectivity index (χ0n) is 19.5. The summed E-state index contributed by atoms with van der Waals surface area (Å²) in [6.07, 6.45) is 0. The van der Waals surface area contributed by atoms with Crippen LogP contribution in [-0.2, 0) is 14.3 Å². The summed E-state index contributed by atoms with van der Waals surface area (Å²) in [6.45, 7) is 6.25. The Bertz CT molecular complexity index is 1060. The van der Waals surface area contributed by atoms with Crippen LogP contribution in [0.5, 0.6) is 11.5 Å². The number of hydrogen-bond donors (Lipinski definition) is 1. The van der Waals surface area contributed by atoms with Gasteiger partial charge in [-0.3, -0.25) is 14.5 Å². The van der Waals surface area contributed by atoms with Crippen LogP contribution in [0.4, 0.5) is 0 Å². The highest BCUT2D eigenvalue weighted by molar-refractivity contribution is 6.46. The third-order valence-electron chi connectivity index (χ3n) is 6.17. The number of morpholine rings is 1. The summed E-state index contributed by atoms with van der Waals surface area (Å²) in [7, 11) is 1.50. The Balaban J connectivity index is 1.75. The summed E-state index contributed by atoms with van der Waals surface area (Å²) >= 11 is 0. The maximum absolute atomic E-state index is 13.2. The molecule has 34 heavy (non-hydrogen) atoms. The number of amides is 1. The lowest BCUT2D eigenvalue weighted by Crippen LogP contribution is -2.42. The van der Waals surface area contributed by atoms with Crippen molar-refractivity contribution in [2.24, 2.45) is 0 Å². The molecule has 2 heterocycles. The van der Waals surface area contributed by atoms with Crippen molar-refractivity contribution in [1.29, 1.82) is 0 Å². The first kappa shape index (κ1) is 23.8. The maximum atomic E-state index is 13.2. The van der Waals surface area contributed by atoms with Crippen LogP contribution in [0, 0.1) is 0 Å². The topological polar surface area (TPSA) is 88.5 Å². The molecule has 0 radical (unpaired) electrons. The fraction of sp³-hybridized carbons (Fsp3) is 0.385. The van der Waals surface area contributed by atoms with E-state index < -0.39 is 17.7 Å². The molecule has 180 valence electrons. The second kappa shape index (κ2) is 10.7. The number of benzene rings is 2. The molecule has 0 saturated carbocycles. The van der Waals surface area contributed by atoms with Gasteiger partial charge in [-0.05, 0) is 36.8 Å². The van der Waals surface area contributed by atoms with Gasteiger partial charge in [0.15, 0.2) is 0 Å². The van der Waals surface area contributed by atoms with Gasteiger partial charge in [-0.1, -0.05) is 24.3 Å². The smallest absolute Gasteiger partial charge is 0.295 e. The highest BCUT2D eigenvalue weighted by atomic mass is 16.5. The molecular formula is C26H30N2O6. The van der Waals surface area contributed by atoms with Crippen molar-refractivity contribution < 1.29 is 28.9 Å². The number of para-hydroxylation sites is 1. The number of carbonyl (C=O) groups excluding carboxylic acids is 2. The van der Waals surface area contributed by atoms with E-state index >= 15 is 0 Å². The van der Waals surface area contributed by atoms with Crippen LogP contribution in [0.1, 0.15) is 24.1 Å². The first-order valence-corrected chi connectivity index (χ1v) is 11.5. The van der Waals surface area contributed by atoms with E-state index in [1.807, 2.05) is 31.2 Å². The Kier molecular flexibility index (Phi) is 7.49. The SMILES string of the molecule is CCOc1ccc(C2/C(=C(\O)c3ccccc3OC)C(=O)C(=O)N2CCN2CCOCC2)cc1. The summed E-state index contributed by atoms with van der Waals surface area (Å²) in [5, 5.41) is 11.3. The Hall–Kier alpha value is -3.36. The highest BCUT2D eigenvalue weighted by Gasteiger charge is 2.46. The van der Waals surface area contributed by atoms with Crippen LogP contribution in [-0.4, -0.2) is 79.7 Å². The number of Topliss-reactive ketones (excluding diaryl/α,β-unsaturated/α-hetero) is 1. The van der Waals surface area contributed by atoms with Crippen LogP contribution >= 0.6 is 0 Å². The van der Waals surface area contributed by atoms with Crippen LogP contribution in [0.3, 0.4) is 0 Å². The van der Waals surface area contributed by atoms with E-state index in [1.165, 1.54) is 7.11 Å². The molecule has 1 amide bonds. The van der Waals surface area contributed by atoms with Crippen molar-refractivity contribution in [1.82, 2.24) is 9.80 Å². The minimum atomic E-state index is -0.721. The molecule has 2 aromatic rings. The number of aliphatic hydroxyl groups is 1. The number of nitrogens with zero attached hydrogens (tertiary/aromatic N) is 2. The number of rotatable bonds is 8. The molecule has 0 aliphatic carbocycles. The molecule has 4 rings (SSSR count). The largest absolute Gasteiger partial charge is 0.507 e. The summed E-state index contributed by atoms with van der Waals surface area (Å²) < 4.78 is 16.3. The average Bonchev–Trinajstić information content (AvgIpc) is 3.13.